The average Bonchev–Trinajstić information content (AvgIpc) is 3.59. The minimum Gasteiger partial charge on any atom is -0.322 e. The second-order valence-electron chi connectivity index (χ2n) is 10.5. The van der Waals surface area contributed by atoms with E-state index in [4.69, 9.17) is 0 Å². The maximum Gasteiger partial charge on any atom is 0.252 e. The van der Waals surface area contributed by atoms with Crippen molar-refractivity contribution in [1.82, 2.24) is 30.1 Å². The number of hydrogen-bond acceptors (Lipinski definition) is 5. The van der Waals surface area contributed by atoms with Gasteiger partial charge in [0.1, 0.15) is 0 Å². The highest BCUT2D eigenvalue weighted by Crippen LogP contribution is 2.37. The van der Waals surface area contributed by atoms with Crippen molar-refractivity contribution in [3.63, 3.8) is 0 Å². The van der Waals surface area contributed by atoms with Crippen LogP contribution in [-0.2, 0) is 6.54 Å². The van der Waals surface area contributed by atoms with Crippen LogP contribution in [-0.4, -0.2) is 36.1 Å². The second-order valence-corrected chi connectivity index (χ2v) is 10.5. The molecule has 2 fully saturated rings. The first-order valence-corrected chi connectivity index (χ1v) is 13.2. The summed E-state index contributed by atoms with van der Waals surface area (Å²) in [5, 5.41) is 14.3. The number of nitrogens with one attached hydrogen (secondary N) is 1. The van der Waals surface area contributed by atoms with Crippen molar-refractivity contribution in [3.8, 4) is 0 Å². The number of fused-ring (bicyclic) bond motifs is 1. The van der Waals surface area contributed by atoms with Gasteiger partial charge in [-0.2, -0.15) is 0 Å². The zero-order chi connectivity index (χ0) is 23.7. The first kappa shape index (κ1) is 23.2. The molecule has 34 heavy (non-hydrogen) atoms. The first-order valence-electron chi connectivity index (χ1n) is 13.2. The fourth-order valence-electron chi connectivity index (χ4n) is 6.31. The van der Waals surface area contributed by atoms with E-state index in [1.54, 1.807) is 0 Å². The van der Waals surface area contributed by atoms with Crippen LogP contribution in [0.15, 0.2) is 23.0 Å². The van der Waals surface area contributed by atoms with Crippen molar-refractivity contribution in [3.05, 3.63) is 51.1 Å². The van der Waals surface area contributed by atoms with Crippen molar-refractivity contribution in [2.24, 2.45) is 0 Å². The number of aromatic amines is 1. The van der Waals surface area contributed by atoms with Crippen LogP contribution < -0.4 is 5.56 Å². The number of nitrogens with zero attached hydrogens (tertiary/aromatic N) is 5. The minimum atomic E-state index is 0.0196. The standard InChI is InChI=1S/C27H38N6O/c1-4-9-25(26-29-30-31-33(26)22-12-7-8-13-22)32(21-10-5-6-11-21)17-20-16-23-19(3)14-18(2)15-24(23)28-27(20)34/h14-16,21-22,25H,4-13,17H2,1-3H3,(H,28,34)/t25-/m1/s1. The summed E-state index contributed by atoms with van der Waals surface area (Å²) in [5.74, 6) is 0.990. The molecule has 1 aromatic carbocycles. The SMILES string of the molecule is CCC[C@H](c1nnnn1C1CCCC1)N(Cc1cc2c(C)cc(C)cc2[nH]c1=O)C1CCCC1. The summed E-state index contributed by atoms with van der Waals surface area (Å²) >= 11 is 0. The number of aryl methyl sites for hydroxylation is 2. The van der Waals surface area contributed by atoms with Crippen LogP contribution in [0, 0.1) is 13.8 Å². The van der Waals surface area contributed by atoms with Gasteiger partial charge in [0, 0.05) is 29.1 Å². The monoisotopic (exact) mass is 462 g/mol. The van der Waals surface area contributed by atoms with E-state index in [2.05, 4.69) is 69.1 Å². The van der Waals surface area contributed by atoms with E-state index in [1.807, 2.05) is 0 Å². The number of H-pyrrole nitrogens is 1. The van der Waals surface area contributed by atoms with Gasteiger partial charge in [-0.1, -0.05) is 45.1 Å². The van der Waals surface area contributed by atoms with Crippen molar-refractivity contribution < 1.29 is 0 Å². The van der Waals surface area contributed by atoms with E-state index < -0.39 is 0 Å². The molecule has 0 bridgehead atoms. The lowest BCUT2D eigenvalue weighted by molar-refractivity contribution is 0.106. The molecular formula is C27H38N6O. The summed E-state index contributed by atoms with van der Waals surface area (Å²) in [7, 11) is 0. The van der Waals surface area contributed by atoms with Crippen LogP contribution >= 0.6 is 0 Å². The van der Waals surface area contributed by atoms with Crippen molar-refractivity contribution in [1.29, 1.82) is 0 Å². The van der Waals surface area contributed by atoms with Crippen LogP contribution in [0.1, 0.15) is 106 Å². The topological polar surface area (TPSA) is 79.7 Å². The van der Waals surface area contributed by atoms with Gasteiger partial charge in [0.15, 0.2) is 5.82 Å². The molecule has 0 unspecified atom stereocenters. The van der Waals surface area contributed by atoms with Gasteiger partial charge < -0.3 is 4.98 Å². The highest BCUT2D eigenvalue weighted by molar-refractivity contribution is 5.83. The van der Waals surface area contributed by atoms with Crippen molar-refractivity contribution >= 4 is 10.9 Å². The Hall–Kier alpha value is -2.54. The van der Waals surface area contributed by atoms with E-state index in [-0.39, 0.29) is 11.6 Å². The molecule has 7 nitrogen and oxygen atoms in total. The van der Waals surface area contributed by atoms with Crippen molar-refractivity contribution in [2.45, 2.75) is 110 Å². The minimum absolute atomic E-state index is 0.0196. The normalized spacial score (nSPS) is 18.5. The van der Waals surface area contributed by atoms with Gasteiger partial charge >= 0.3 is 0 Å². The number of benzene rings is 1. The third-order valence-electron chi connectivity index (χ3n) is 7.99. The Morgan fingerprint density at radius 3 is 2.56 bits per heavy atom. The molecule has 0 amide bonds. The van der Waals surface area contributed by atoms with Gasteiger partial charge in [-0.05, 0) is 79.6 Å². The molecule has 2 heterocycles. The molecule has 7 heteroatoms. The summed E-state index contributed by atoms with van der Waals surface area (Å²) < 4.78 is 2.12. The zero-order valence-corrected chi connectivity index (χ0v) is 20.9. The fourth-order valence-corrected chi connectivity index (χ4v) is 6.31. The van der Waals surface area contributed by atoms with Gasteiger partial charge in [-0.25, -0.2) is 4.68 Å². The van der Waals surface area contributed by atoms with Gasteiger partial charge in [-0.3, -0.25) is 9.69 Å². The Bertz CT molecular complexity index is 1190. The third kappa shape index (κ3) is 4.54. The quantitative estimate of drug-likeness (QED) is 0.476. The summed E-state index contributed by atoms with van der Waals surface area (Å²) in [6, 6.07) is 7.36. The lowest BCUT2D eigenvalue weighted by Crippen LogP contribution is -2.39. The summed E-state index contributed by atoms with van der Waals surface area (Å²) in [5.41, 5.74) is 4.16. The van der Waals surface area contributed by atoms with Crippen LogP contribution in [0.3, 0.4) is 0 Å². The Morgan fingerprint density at radius 2 is 1.82 bits per heavy atom. The molecule has 0 aliphatic heterocycles. The predicted molar refractivity (Wildman–Crippen MR) is 135 cm³/mol. The predicted octanol–water partition coefficient (Wildman–Crippen LogP) is 5.53. The summed E-state index contributed by atoms with van der Waals surface area (Å²) in [4.78, 5) is 19.0. The average molecular weight is 463 g/mol. The largest absolute Gasteiger partial charge is 0.322 e. The molecule has 0 spiro atoms. The van der Waals surface area contributed by atoms with E-state index in [0.717, 1.165) is 48.0 Å². The molecule has 1 N–H and O–H groups in total. The molecule has 2 saturated carbocycles. The number of aromatic nitrogens is 5. The van der Waals surface area contributed by atoms with Crippen LogP contribution in [0.5, 0.6) is 0 Å². The van der Waals surface area contributed by atoms with E-state index >= 15 is 0 Å². The van der Waals surface area contributed by atoms with Crippen LogP contribution in [0.25, 0.3) is 10.9 Å². The van der Waals surface area contributed by atoms with Crippen LogP contribution in [0.4, 0.5) is 0 Å². The van der Waals surface area contributed by atoms with Gasteiger partial charge in [0.25, 0.3) is 5.56 Å². The first-order chi connectivity index (χ1) is 16.5. The fraction of sp³-hybridized carbons (Fsp3) is 0.630. The van der Waals surface area contributed by atoms with Crippen molar-refractivity contribution in [2.75, 3.05) is 0 Å². The highest BCUT2D eigenvalue weighted by atomic mass is 16.1. The molecule has 1 atom stereocenters. The molecular weight excluding hydrogens is 424 g/mol. The van der Waals surface area contributed by atoms with Crippen LogP contribution in [0.2, 0.25) is 0 Å². The molecule has 0 radical (unpaired) electrons. The molecule has 0 saturated heterocycles. The molecule has 182 valence electrons. The maximum atomic E-state index is 13.2. The van der Waals surface area contributed by atoms with Gasteiger partial charge in [0.2, 0.25) is 0 Å². The summed E-state index contributed by atoms with van der Waals surface area (Å²) in [6.07, 6.45) is 11.7. The number of tetrazole rings is 1. The Labute approximate surface area is 201 Å². The number of hydrogen-bond donors (Lipinski definition) is 1. The lowest BCUT2D eigenvalue weighted by atomic mass is 10.0. The van der Waals surface area contributed by atoms with E-state index in [1.165, 1.54) is 49.7 Å². The maximum absolute atomic E-state index is 13.2. The van der Waals surface area contributed by atoms with Gasteiger partial charge in [-0.15, -0.1) is 5.10 Å². The van der Waals surface area contributed by atoms with Gasteiger partial charge in [0.05, 0.1) is 12.1 Å². The second kappa shape index (κ2) is 9.98. The smallest absolute Gasteiger partial charge is 0.252 e. The highest BCUT2D eigenvalue weighted by Gasteiger charge is 2.34. The Kier molecular flexibility index (Phi) is 6.82. The molecule has 2 aliphatic rings. The van der Waals surface area contributed by atoms with E-state index in [0.29, 0.717) is 18.6 Å². The summed E-state index contributed by atoms with van der Waals surface area (Å²) in [6.45, 7) is 7.07. The molecule has 3 aromatic rings. The molecule has 2 aliphatic carbocycles. The number of pyridine rings is 1. The molecule has 2 aromatic heterocycles. The van der Waals surface area contributed by atoms with E-state index in [9.17, 15) is 4.79 Å². The lowest BCUT2D eigenvalue weighted by Gasteiger charge is -2.36. The number of rotatable bonds is 8. The Balaban J connectivity index is 1.54. The Morgan fingerprint density at radius 1 is 1.09 bits per heavy atom. The zero-order valence-electron chi connectivity index (χ0n) is 20.9. The molecule has 5 rings (SSSR count). The third-order valence-corrected chi connectivity index (χ3v) is 7.99.